The van der Waals surface area contributed by atoms with E-state index in [1.54, 1.807) is 48.5 Å². The first kappa shape index (κ1) is 20.0. The second kappa shape index (κ2) is 9.45. The van der Waals surface area contributed by atoms with Crippen molar-refractivity contribution in [3.63, 3.8) is 0 Å². The van der Waals surface area contributed by atoms with Crippen molar-refractivity contribution in [2.24, 2.45) is 7.05 Å². The first-order valence-corrected chi connectivity index (χ1v) is 9.14. The summed E-state index contributed by atoms with van der Waals surface area (Å²) in [5.41, 5.74) is 3.13. The molecule has 29 heavy (non-hydrogen) atoms. The van der Waals surface area contributed by atoms with Gasteiger partial charge in [0.05, 0.1) is 11.9 Å². The van der Waals surface area contributed by atoms with Crippen LogP contribution in [0.4, 0.5) is 16.2 Å². The van der Waals surface area contributed by atoms with E-state index in [0.29, 0.717) is 17.9 Å². The van der Waals surface area contributed by atoms with Crippen LogP contribution in [0.25, 0.3) is 5.57 Å². The van der Waals surface area contributed by atoms with Crippen LogP contribution in [0.1, 0.15) is 16.8 Å². The van der Waals surface area contributed by atoms with E-state index in [1.807, 2.05) is 37.4 Å². The molecule has 0 amide bonds. The van der Waals surface area contributed by atoms with Crippen LogP contribution in [0.2, 0.25) is 0 Å². The Labute approximate surface area is 169 Å². The van der Waals surface area contributed by atoms with E-state index in [9.17, 15) is 4.39 Å². The Morgan fingerprint density at radius 3 is 2.83 bits per heavy atom. The molecular weight excluding hydrogens is 367 g/mol. The van der Waals surface area contributed by atoms with Crippen molar-refractivity contribution in [1.29, 1.82) is 0 Å². The van der Waals surface area contributed by atoms with Gasteiger partial charge in [0.15, 0.2) is 0 Å². The number of hydrogen-bond donors (Lipinski definition) is 2. The number of benzene rings is 1. The molecule has 2 aromatic heterocycles. The summed E-state index contributed by atoms with van der Waals surface area (Å²) in [4.78, 5) is 8.88. The van der Waals surface area contributed by atoms with Crippen molar-refractivity contribution >= 4 is 17.3 Å². The standard InChI is InChI=1S/C22H23FN6/c1-4-24-12-9-18(8-7-17-6-5-16(2)19(23)15-17)20-10-13-25-22(27-20)28-21-11-14-26-29(21)3/h4-6,8-15,24H,1,7H2,2-3H3,(H,25,27,28)/b12-9-,18-8+. The van der Waals surface area contributed by atoms with Gasteiger partial charge in [-0.15, -0.1) is 0 Å². The molecule has 0 bridgehead atoms. The van der Waals surface area contributed by atoms with E-state index < -0.39 is 0 Å². The number of nitrogens with zero attached hydrogens (tertiary/aromatic N) is 4. The molecular formula is C22H23FN6. The third-order valence-electron chi connectivity index (χ3n) is 4.28. The molecule has 0 fully saturated rings. The van der Waals surface area contributed by atoms with Gasteiger partial charge in [0.1, 0.15) is 11.6 Å². The maximum absolute atomic E-state index is 13.8. The van der Waals surface area contributed by atoms with Crippen molar-refractivity contribution in [2.75, 3.05) is 5.32 Å². The molecule has 2 N–H and O–H groups in total. The monoisotopic (exact) mass is 390 g/mol. The quantitative estimate of drug-likeness (QED) is 0.562. The predicted molar refractivity (Wildman–Crippen MR) is 114 cm³/mol. The highest BCUT2D eigenvalue weighted by molar-refractivity contribution is 5.72. The van der Waals surface area contributed by atoms with Gasteiger partial charge in [0, 0.05) is 25.5 Å². The number of rotatable bonds is 8. The maximum atomic E-state index is 13.8. The lowest BCUT2D eigenvalue weighted by Gasteiger charge is -2.08. The average molecular weight is 390 g/mol. The van der Waals surface area contributed by atoms with Crippen LogP contribution in [-0.2, 0) is 13.5 Å². The molecule has 0 radical (unpaired) electrons. The molecule has 6 nitrogen and oxygen atoms in total. The van der Waals surface area contributed by atoms with Crippen LogP contribution in [-0.4, -0.2) is 19.7 Å². The summed E-state index contributed by atoms with van der Waals surface area (Å²) >= 11 is 0. The van der Waals surface area contributed by atoms with Gasteiger partial charge in [0.2, 0.25) is 5.95 Å². The highest BCUT2D eigenvalue weighted by Gasteiger charge is 2.06. The summed E-state index contributed by atoms with van der Waals surface area (Å²) < 4.78 is 15.6. The Kier molecular flexibility index (Phi) is 6.52. The smallest absolute Gasteiger partial charge is 0.228 e. The maximum Gasteiger partial charge on any atom is 0.228 e. The highest BCUT2D eigenvalue weighted by Crippen LogP contribution is 2.19. The number of allylic oxidation sites excluding steroid dienone is 3. The summed E-state index contributed by atoms with van der Waals surface area (Å²) in [5, 5.41) is 10.2. The zero-order valence-electron chi connectivity index (χ0n) is 16.4. The molecule has 1 aromatic carbocycles. The Morgan fingerprint density at radius 1 is 1.24 bits per heavy atom. The van der Waals surface area contributed by atoms with Gasteiger partial charge in [0.25, 0.3) is 0 Å². The number of hydrogen-bond acceptors (Lipinski definition) is 5. The van der Waals surface area contributed by atoms with E-state index in [2.05, 4.69) is 32.3 Å². The van der Waals surface area contributed by atoms with E-state index in [1.165, 1.54) is 0 Å². The fourth-order valence-electron chi connectivity index (χ4n) is 2.65. The van der Waals surface area contributed by atoms with Crippen molar-refractivity contribution < 1.29 is 4.39 Å². The van der Waals surface area contributed by atoms with Crippen LogP contribution in [0.15, 0.2) is 73.9 Å². The largest absolute Gasteiger partial charge is 0.368 e. The summed E-state index contributed by atoms with van der Waals surface area (Å²) in [6, 6.07) is 8.94. The van der Waals surface area contributed by atoms with Crippen molar-refractivity contribution in [3.8, 4) is 0 Å². The van der Waals surface area contributed by atoms with Crippen molar-refractivity contribution in [1.82, 2.24) is 25.1 Å². The number of nitrogens with one attached hydrogen (secondary N) is 2. The minimum absolute atomic E-state index is 0.203. The number of aromatic nitrogens is 4. The summed E-state index contributed by atoms with van der Waals surface area (Å²) in [6.07, 6.45) is 11.2. The molecule has 0 atom stereocenters. The van der Waals surface area contributed by atoms with E-state index in [0.717, 1.165) is 22.6 Å². The van der Waals surface area contributed by atoms with Gasteiger partial charge in [-0.05, 0) is 54.5 Å². The fourth-order valence-corrected chi connectivity index (χ4v) is 2.65. The lowest BCUT2D eigenvalue weighted by atomic mass is 10.1. The number of halogens is 1. The third-order valence-corrected chi connectivity index (χ3v) is 4.28. The first-order chi connectivity index (χ1) is 14.1. The molecule has 2 heterocycles. The van der Waals surface area contributed by atoms with Gasteiger partial charge in [-0.1, -0.05) is 24.8 Å². The van der Waals surface area contributed by atoms with Crippen LogP contribution in [0.5, 0.6) is 0 Å². The molecule has 7 heteroatoms. The molecule has 0 saturated carbocycles. The molecule has 0 spiro atoms. The zero-order chi connectivity index (χ0) is 20.6. The van der Waals surface area contributed by atoms with Gasteiger partial charge in [-0.2, -0.15) is 5.10 Å². The molecule has 0 saturated heterocycles. The third kappa shape index (κ3) is 5.38. The molecule has 3 rings (SSSR count). The van der Waals surface area contributed by atoms with E-state index in [-0.39, 0.29) is 5.82 Å². The summed E-state index contributed by atoms with van der Waals surface area (Å²) in [7, 11) is 1.84. The second-order valence-corrected chi connectivity index (χ2v) is 6.38. The fraction of sp³-hybridized carbons (Fsp3) is 0.136. The van der Waals surface area contributed by atoms with Gasteiger partial charge in [-0.3, -0.25) is 4.68 Å². The Hall–Kier alpha value is -3.74. The Bertz CT molecular complexity index is 1050. The Morgan fingerprint density at radius 2 is 2.10 bits per heavy atom. The van der Waals surface area contributed by atoms with E-state index in [4.69, 9.17) is 0 Å². The molecule has 0 aliphatic heterocycles. The number of anilines is 2. The van der Waals surface area contributed by atoms with Gasteiger partial charge >= 0.3 is 0 Å². The highest BCUT2D eigenvalue weighted by atomic mass is 19.1. The minimum atomic E-state index is -0.203. The van der Waals surface area contributed by atoms with Crippen LogP contribution in [0.3, 0.4) is 0 Å². The molecule has 148 valence electrons. The topological polar surface area (TPSA) is 67.7 Å². The Balaban J connectivity index is 1.87. The molecule has 0 aliphatic carbocycles. The number of aryl methyl sites for hydroxylation is 2. The lowest BCUT2D eigenvalue weighted by molar-refractivity contribution is 0.617. The predicted octanol–water partition coefficient (Wildman–Crippen LogP) is 4.27. The molecule has 0 aliphatic rings. The second-order valence-electron chi connectivity index (χ2n) is 6.38. The summed E-state index contributed by atoms with van der Waals surface area (Å²) in [5.74, 6) is 1.04. The van der Waals surface area contributed by atoms with Crippen molar-refractivity contribution in [2.45, 2.75) is 13.3 Å². The zero-order valence-corrected chi connectivity index (χ0v) is 16.4. The minimum Gasteiger partial charge on any atom is -0.368 e. The van der Waals surface area contributed by atoms with Gasteiger partial charge < -0.3 is 10.6 Å². The lowest BCUT2D eigenvalue weighted by Crippen LogP contribution is -2.03. The SMILES string of the molecule is C=CN/C=C\C(=C/Cc1ccc(C)c(F)c1)c1ccnc(Nc2ccnn2C)n1. The first-order valence-electron chi connectivity index (χ1n) is 9.14. The van der Waals surface area contributed by atoms with Crippen molar-refractivity contribution in [3.05, 3.63) is 96.5 Å². The van der Waals surface area contributed by atoms with Crippen LogP contribution in [0, 0.1) is 12.7 Å². The van der Waals surface area contributed by atoms with E-state index >= 15 is 0 Å². The average Bonchev–Trinajstić information content (AvgIpc) is 3.12. The summed E-state index contributed by atoms with van der Waals surface area (Å²) in [6.45, 7) is 5.39. The molecule has 0 unspecified atom stereocenters. The van der Waals surface area contributed by atoms with Crippen LogP contribution >= 0.6 is 0 Å². The van der Waals surface area contributed by atoms with Gasteiger partial charge in [-0.25, -0.2) is 14.4 Å². The van der Waals surface area contributed by atoms with Crippen LogP contribution < -0.4 is 10.6 Å². The normalized spacial score (nSPS) is 11.6. The molecule has 3 aromatic rings.